The number of halogens is 1. The topological polar surface area (TPSA) is 38.7 Å². The standard InChI is InChI=1S/C16H15FO3/c17-13-7-3-1-5-11(13)9-19-15-10-20-14-8-4-2-6-12(14)16(15)18/h1-8,15-16,18H,9-10H2. The van der Waals surface area contributed by atoms with Crippen LogP contribution in [0.2, 0.25) is 0 Å². The van der Waals surface area contributed by atoms with Gasteiger partial charge in [-0.1, -0.05) is 36.4 Å². The van der Waals surface area contributed by atoms with E-state index in [0.29, 0.717) is 16.9 Å². The summed E-state index contributed by atoms with van der Waals surface area (Å²) in [5.41, 5.74) is 1.18. The van der Waals surface area contributed by atoms with E-state index >= 15 is 0 Å². The van der Waals surface area contributed by atoms with Gasteiger partial charge >= 0.3 is 0 Å². The Balaban J connectivity index is 1.69. The summed E-state index contributed by atoms with van der Waals surface area (Å²) in [6.45, 7) is 0.368. The van der Waals surface area contributed by atoms with Crippen molar-refractivity contribution in [3.63, 3.8) is 0 Å². The normalized spacial score (nSPS) is 21.1. The fourth-order valence-corrected chi connectivity index (χ4v) is 2.27. The van der Waals surface area contributed by atoms with E-state index in [2.05, 4.69) is 0 Å². The van der Waals surface area contributed by atoms with Crippen molar-refractivity contribution in [3.8, 4) is 5.75 Å². The molecule has 0 spiro atoms. The number of hydrogen-bond donors (Lipinski definition) is 1. The van der Waals surface area contributed by atoms with Gasteiger partial charge < -0.3 is 14.6 Å². The highest BCUT2D eigenvalue weighted by Crippen LogP contribution is 2.33. The van der Waals surface area contributed by atoms with Crippen molar-refractivity contribution in [1.29, 1.82) is 0 Å². The zero-order chi connectivity index (χ0) is 13.9. The van der Waals surface area contributed by atoms with Crippen molar-refractivity contribution < 1.29 is 19.0 Å². The van der Waals surface area contributed by atoms with Crippen molar-refractivity contribution in [1.82, 2.24) is 0 Å². The van der Waals surface area contributed by atoms with Gasteiger partial charge in [0.2, 0.25) is 0 Å². The Labute approximate surface area is 116 Å². The summed E-state index contributed by atoms with van der Waals surface area (Å²) in [7, 11) is 0. The maximum Gasteiger partial charge on any atom is 0.128 e. The van der Waals surface area contributed by atoms with Gasteiger partial charge in [0.25, 0.3) is 0 Å². The zero-order valence-electron chi connectivity index (χ0n) is 10.8. The lowest BCUT2D eigenvalue weighted by Gasteiger charge is -2.30. The molecule has 0 fully saturated rings. The highest BCUT2D eigenvalue weighted by Gasteiger charge is 2.29. The molecule has 0 aliphatic carbocycles. The molecule has 3 rings (SSSR count). The molecule has 104 valence electrons. The lowest BCUT2D eigenvalue weighted by atomic mass is 10.0. The molecule has 2 atom stereocenters. The maximum atomic E-state index is 13.5. The summed E-state index contributed by atoms with van der Waals surface area (Å²) in [6.07, 6.45) is -1.25. The van der Waals surface area contributed by atoms with E-state index in [4.69, 9.17) is 9.47 Å². The molecule has 1 aliphatic rings. The molecule has 0 radical (unpaired) electrons. The highest BCUT2D eigenvalue weighted by molar-refractivity contribution is 5.37. The fraction of sp³-hybridized carbons (Fsp3) is 0.250. The summed E-state index contributed by atoms with van der Waals surface area (Å²) < 4.78 is 24.7. The molecule has 0 amide bonds. The van der Waals surface area contributed by atoms with Gasteiger partial charge in [-0.3, -0.25) is 0 Å². The average Bonchev–Trinajstić information content (AvgIpc) is 2.48. The summed E-state index contributed by atoms with van der Waals surface area (Å²) in [5.74, 6) is 0.366. The minimum Gasteiger partial charge on any atom is -0.490 e. The van der Waals surface area contributed by atoms with E-state index in [9.17, 15) is 9.50 Å². The largest absolute Gasteiger partial charge is 0.490 e. The van der Waals surface area contributed by atoms with Gasteiger partial charge in [-0.15, -0.1) is 0 Å². The third-order valence-corrected chi connectivity index (χ3v) is 3.40. The summed E-state index contributed by atoms with van der Waals surface area (Å²) >= 11 is 0. The van der Waals surface area contributed by atoms with Gasteiger partial charge in [0, 0.05) is 11.1 Å². The molecule has 0 saturated carbocycles. The van der Waals surface area contributed by atoms with E-state index in [0.717, 1.165) is 0 Å². The number of hydrogen-bond acceptors (Lipinski definition) is 3. The summed E-state index contributed by atoms with van der Waals surface area (Å²) in [4.78, 5) is 0. The van der Waals surface area contributed by atoms with Gasteiger partial charge in [0.15, 0.2) is 0 Å². The molecule has 3 nitrogen and oxygen atoms in total. The Kier molecular flexibility index (Phi) is 3.67. The van der Waals surface area contributed by atoms with Gasteiger partial charge in [-0.05, 0) is 12.1 Å². The molecule has 0 saturated heterocycles. The van der Waals surface area contributed by atoms with E-state index in [1.807, 2.05) is 18.2 Å². The van der Waals surface area contributed by atoms with Crippen molar-refractivity contribution in [2.45, 2.75) is 18.8 Å². The van der Waals surface area contributed by atoms with Crippen LogP contribution in [-0.2, 0) is 11.3 Å². The van der Waals surface area contributed by atoms with Crippen LogP contribution in [0.25, 0.3) is 0 Å². The maximum absolute atomic E-state index is 13.5. The predicted octanol–water partition coefficient (Wildman–Crippen LogP) is 2.84. The van der Waals surface area contributed by atoms with Crippen molar-refractivity contribution in [2.24, 2.45) is 0 Å². The lowest BCUT2D eigenvalue weighted by Crippen LogP contribution is -2.33. The Morgan fingerprint density at radius 1 is 1.15 bits per heavy atom. The van der Waals surface area contributed by atoms with Crippen LogP contribution in [0.15, 0.2) is 48.5 Å². The van der Waals surface area contributed by atoms with Crippen LogP contribution >= 0.6 is 0 Å². The Morgan fingerprint density at radius 3 is 2.75 bits per heavy atom. The van der Waals surface area contributed by atoms with Gasteiger partial charge in [-0.25, -0.2) is 4.39 Å². The van der Waals surface area contributed by atoms with Crippen LogP contribution < -0.4 is 4.74 Å². The average molecular weight is 274 g/mol. The van der Waals surface area contributed by atoms with Crippen LogP contribution in [0.5, 0.6) is 5.75 Å². The number of benzene rings is 2. The number of rotatable bonds is 3. The zero-order valence-corrected chi connectivity index (χ0v) is 10.8. The van der Waals surface area contributed by atoms with Gasteiger partial charge in [-0.2, -0.15) is 0 Å². The first-order chi connectivity index (χ1) is 9.75. The first-order valence-corrected chi connectivity index (χ1v) is 6.50. The van der Waals surface area contributed by atoms with Crippen LogP contribution in [0, 0.1) is 5.82 Å². The van der Waals surface area contributed by atoms with Crippen molar-refractivity contribution >= 4 is 0 Å². The van der Waals surface area contributed by atoms with E-state index in [1.165, 1.54) is 6.07 Å². The molecule has 1 N–H and O–H groups in total. The fourth-order valence-electron chi connectivity index (χ4n) is 2.27. The quantitative estimate of drug-likeness (QED) is 0.935. The molecule has 2 unspecified atom stereocenters. The van der Waals surface area contributed by atoms with Gasteiger partial charge in [0.05, 0.1) is 6.61 Å². The third kappa shape index (κ3) is 2.53. The van der Waals surface area contributed by atoms with Gasteiger partial charge in [0.1, 0.15) is 30.4 Å². The molecule has 2 aromatic carbocycles. The predicted molar refractivity (Wildman–Crippen MR) is 71.9 cm³/mol. The summed E-state index contributed by atoms with van der Waals surface area (Å²) in [6, 6.07) is 13.8. The number of ether oxygens (including phenoxy) is 2. The monoisotopic (exact) mass is 274 g/mol. The molecule has 20 heavy (non-hydrogen) atoms. The van der Waals surface area contributed by atoms with Crippen LogP contribution in [0.1, 0.15) is 17.2 Å². The number of para-hydroxylation sites is 1. The SMILES string of the molecule is OC1c2ccccc2OCC1OCc1ccccc1F. The molecule has 4 heteroatoms. The van der Waals surface area contributed by atoms with Crippen molar-refractivity contribution in [2.75, 3.05) is 6.61 Å². The smallest absolute Gasteiger partial charge is 0.128 e. The van der Waals surface area contributed by atoms with Crippen LogP contribution in [0.4, 0.5) is 4.39 Å². The highest BCUT2D eigenvalue weighted by atomic mass is 19.1. The van der Waals surface area contributed by atoms with Crippen molar-refractivity contribution in [3.05, 3.63) is 65.5 Å². The molecular formula is C16H15FO3. The molecule has 0 aromatic heterocycles. The van der Waals surface area contributed by atoms with E-state index < -0.39 is 12.2 Å². The lowest BCUT2D eigenvalue weighted by molar-refractivity contribution is -0.0799. The van der Waals surface area contributed by atoms with Crippen LogP contribution in [0.3, 0.4) is 0 Å². The van der Waals surface area contributed by atoms with Crippen LogP contribution in [-0.4, -0.2) is 17.8 Å². The molecule has 0 bridgehead atoms. The second kappa shape index (κ2) is 5.61. The first kappa shape index (κ1) is 13.1. The van der Waals surface area contributed by atoms with E-state index in [-0.39, 0.29) is 19.0 Å². The summed E-state index contributed by atoms with van der Waals surface area (Å²) in [5, 5.41) is 10.3. The molecular weight excluding hydrogens is 259 g/mol. The second-order valence-corrected chi connectivity index (χ2v) is 4.73. The Morgan fingerprint density at radius 2 is 1.90 bits per heavy atom. The second-order valence-electron chi connectivity index (χ2n) is 4.73. The molecule has 1 heterocycles. The number of fused-ring (bicyclic) bond motifs is 1. The number of aliphatic hydroxyl groups excluding tert-OH is 1. The molecule has 1 aliphatic heterocycles. The third-order valence-electron chi connectivity index (χ3n) is 3.40. The molecule has 2 aromatic rings. The Hall–Kier alpha value is -1.91. The minimum atomic E-state index is -0.758. The Bertz CT molecular complexity index is 600. The number of aliphatic hydroxyl groups is 1. The first-order valence-electron chi connectivity index (χ1n) is 6.50. The van der Waals surface area contributed by atoms with E-state index in [1.54, 1.807) is 24.3 Å². The minimum absolute atomic E-state index is 0.111.